The van der Waals surface area contributed by atoms with Gasteiger partial charge in [0.05, 0.1) is 11.7 Å². The summed E-state index contributed by atoms with van der Waals surface area (Å²) >= 11 is 0. The number of para-hydroxylation sites is 1. The summed E-state index contributed by atoms with van der Waals surface area (Å²) in [5.41, 5.74) is 0.465. The monoisotopic (exact) mass is 332 g/mol. The van der Waals surface area contributed by atoms with Crippen molar-refractivity contribution in [2.45, 2.75) is 18.9 Å². The Morgan fingerprint density at radius 1 is 1.25 bits per heavy atom. The van der Waals surface area contributed by atoms with Gasteiger partial charge in [-0.15, -0.1) is 0 Å². The quantitative estimate of drug-likeness (QED) is 0.733. The average Bonchev–Trinajstić information content (AvgIpc) is 3.13. The SMILES string of the molecule is O=Cc1ccccc1OCC(=O)N1CCN(CC2CCCO2)CC1. The molecule has 1 atom stereocenters. The highest BCUT2D eigenvalue weighted by Crippen LogP contribution is 2.16. The Bertz CT molecular complexity index is 564. The van der Waals surface area contributed by atoms with Crippen LogP contribution in [0.1, 0.15) is 23.2 Å². The van der Waals surface area contributed by atoms with Gasteiger partial charge in [-0.2, -0.15) is 0 Å². The maximum atomic E-state index is 12.3. The lowest BCUT2D eigenvalue weighted by Gasteiger charge is -2.35. The van der Waals surface area contributed by atoms with Crippen molar-refractivity contribution >= 4 is 12.2 Å². The van der Waals surface area contributed by atoms with Gasteiger partial charge in [-0.05, 0) is 25.0 Å². The number of nitrogens with zero attached hydrogens (tertiary/aromatic N) is 2. The normalized spacial score (nSPS) is 21.7. The Kier molecular flexibility index (Phi) is 5.82. The molecular weight excluding hydrogens is 308 g/mol. The van der Waals surface area contributed by atoms with E-state index >= 15 is 0 Å². The van der Waals surface area contributed by atoms with Crippen molar-refractivity contribution in [1.82, 2.24) is 9.80 Å². The van der Waals surface area contributed by atoms with Crippen LogP contribution < -0.4 is 4.74 Å². The van der Waals surface area contributed by atoms with Crippen LogP contribution in [0.15, 0.2) is 24.3 Å². The highest BCUT2D eigenvalue weighted by molar-refractivity contribution is 5.80. The topological polar surface area (TPSA) is 59.1 Å². The molecule has 0 saturated carbocycles. The van der Waals surface area contributed by atoms with E-state index in [4.69, 9.17) is 9.47 Å². The Morgan fingerprint density at radius 3 is 2.75 bits per heavy atom. The van der Waals surface area contributed by atoms with Crippen LogP contribution in [0.4, 0.5) is 0 Å². The van der Waals surface area contributed by atoms with Crippen molar-refractivity contribution in [3.05, 3.63) is 29.8 Å². The molecule has 2 heterocycles. The number of amides is 1. The predicted octanol–water partition coefficient (Wildman–Crippen LogP) is 1.20. The number of hydrogen-bond donors (Lipinski definition) is 0. The highest BCUT2D eigenvalue weighted by atomic mass is 16.5. The molecule has 0 aromatic heterocycles. The summed E-state index contributed by atoms with van der Waals surface area (Å²) in [6.07, 6.45) is 3.39. The molecule has 3 rings (SSSR count). The summed E-state index contributed by atoms with van der Waals surface area (Å²) < 4.78 is 11.2. The van der Waals surface area contributed by atoms with Crippen LogP contribution in [-0.2, 0) is 9.53 Å². The van der Waals surface area contributed by atoms with E-state index < -0.39 is 0 Å². The number of rotatable bonds is 6. The molecule has 0 aliphatic carbocycles. The second kappa shape index (κ2) is 8.26. The zero-order chi connectivity index (χ0) is 16.8. The Hall–Kier alpha value is -1.92. The lowest BCUT2D eigenvalue weighted by atomic mass is 10.2. The lowest BCUT2D eigenvalue weighted by molar-refractivity contribution is -0.135. The van der Waals surface area contributed by atoms with Crippen LogP contribution in [-0.4, -0.2) is 74.0 Å². The average molecular weight is 332 g/mol. The van der Waals surface area contributed by atoms with Crippen molar-refractivity contribution < 1.29 is 19.1 Å². The standard InChI is InChI=1S/C18H24N2O4/c21-13-15-4-1-2-6-17(15)24-14-18(22)20-9-7-19(8-10-20)12-16-5-3-11-23-16/h1-2,4,6,13,16H,3,5,7-12,14H2. The molecule has 2 aliphatic rings. The summed E-state index contributed by atoms with van der Waals surface area (Å²) in [7, 11) is 0. The Morgan fingerprint density at radius 2 is 2.04 bits per heavy atom. The zero-order valence-electron chi connectivity index (χ0n) is 13.9. The third-order valence-electron chi connectivity index (χ3n) is 4.61. The third-order valence-corrected chi connectivity index (χ3v) is 4.61. The van der Waals surface area contributed by atoms with Crippen LogP contribution in [0.2, 0.25) is 0 Å². The number of carbonyl (C=O) groups is 2. The van der Waals surface area contributed by atoms with E-state index in [1.165, 1.54) is 0 Å². The van der Waals surface area contributed by atoms with E-state index in [1.54, 1.807) is 24.3 Å². The maximum absolute atomic E-state index is 12.3. The summed E-state index contributed by atoms with van der Waals surface area (Å²) in [5, 5.41) is 0. The highest BCUT2D eigenvalue weighted by Gasteiger charge is 2.25. The molecule has 0 radical (unpaired) electrons. The van der Waals surface area contributed by atoms with Gasteiger partial charge >= 0.3 is 0 Å². The number of carbonyl (C=O) groups excluding carboxylic acids is 2. The number of ether oxygens (including phenoxy) is 2. The predicted molar refractivity (Wildman–Crippen MR) is 89.3 cm³/mol. The summed E-state index contributed by atoms with van der Waals surface area (Å²) in [5.74, 6) is 0.422. The minimum Gasteiger partial charge on any atom is -0.483 e. The van der Waals surface area contributed by atoms with Crippen LogP contribution in [0, 0.1) is 0 Å². The second-order valence-electron chi connectivity index (χ2n) is 6.26. The van der Waals surface area contributed by atoms with Gasteiger partial charge in [0.1, 0.15) is 5.75 Å². The van der Waals surface area contributed by atoms with E-state index in [1.807, 2.05) is 4.90 Å². The third kappa shape index (κ3) is 4.33. The molecule has 6 heteroatoms. The fourth-order valence-corrected chi connectivity index (χ4v) is 3.20. The van der Waals surface area contributed by atoms with E-state index in [-0.39, 0.29) is 12.5 Å². The molecule has 130 valence electrons. The van der Waals surface area contributed by atoms with Crippen LogP contribution >= 0.6 is 0 Å². The molecule has 1 amide bonds. The lowest BCUT2D eigenvalue weighted by Crippen LogP contribution is -2.51. The van der Waals surface area contributed by atoms with Crippen molar-refractivity contribution in [1.29, 1.82) is 0 Å². The number of hydrogen-bond acceptors (Lipinski definition) is 5. The molecule has 6 nitrogen and oxygen atoms in total. The largest absolute Gasteiger partial charge is 0.483 e. The van der Waals surface area contributed by atoms with Crippen molar-refractivity contribution in [3.63, 3.8) is 0 Å². The maximum Gasteiger partial charge on any atom is 0.260 e. The number of aldehydes is 1. The molecular formula is C18H24N2O4. The van der Waals surface area contributed by atoms with Crippen LogP contribution in [0.3, 0.4) is 0 Å². The van der Waals surface area contributed by atoms with Gasteiger partial charge in [-0.1, -0.05) is 12.1 Å². The van der Waals surface area contributed by atoms with Gasteiger partial charge in [0.25, 0.3) is 5.91 Å². The first-order valence-electron chi connectivity index (χ1n) is 8.55. The first-order valence-corrected chi connectivity index (χ1v) is 8.55. The molecule has 1 aromatic carbocycles. The van der Waals surface area contributed by atoms with Gasteiger partial charge in [0.2, 0.25) is 0 Å². The van der Waals surface area contributed by atoms with Gasteiger partial charge in [-0.3, -0.25) is 14.5 Å². The minimum absolute atomic E-state index is 0.0312. The van der Waals surface area contributed by atoms with E-state index in [0.717, 1.165) is 45.4 Å². The summed E-state index contributed by atoms with van der Waals surface area (Å²) in [6, 6.07) is 6.94. The van der Waals surface area contributed by atoms with E-state index in [9.17, 15) is 9.59 Å². The Labute approximate surface area is 142 Å². The molecule has 2 fully saturated rings. The smallest absolute Gasteiger partial charge is 0.260 e. The fourth-order valence-electron chi connectivity index (χ4n) is 3.20. The summed E-state index contributed by atoms with van der Waals surface area (Å²) in [6.45, 7) is 4.98. The van der Waals surface area contributed by atoms with Crippen molar-refractivity contribution in [2.75, 3.05) is 45.9 Å². The molecule has 2 saturated heterocycles. The number of benzene rings is 1. The van der Waals surface area contributed by atoms with Crippen molar-refractivity contribution in [3.8, 4) is 5.75 Å². The molecule has 24 heavy (non-hydrogen) atoms. The molecule has 0 N–H and O–H groups in total. The molecule has 2 aliphatic heterocycles. The van der Waals surface area contributed by atoms with E-state index in [2.05, 4.69) is 4.90 Å². The zero-order valence-corrected chi connectivity index (χ0v) is 13.9. The fraction of sp³-hybridized carbons (Fsp3) is 0.556. The van der Waals surface area contributed by atoms with Gasteiger partial charge in [0.15, 0.2) is 12.9 Å². The first-order chi connectivity index (χ1) is 11.8. The van der Waals surface area contributed by atoms with Gasteiger partial charge < -0.3 is 14.4 Å². The van der Waals surface area contributed by atoms with Crippen molar-refractivity contribution in [2.24, 2.45) is 0 Å². The van der Waals surface area contributed by atoms with Gasteiger partial charge in [0, 0.05) is 39.3 Å². The number of piperazine rings is 1. The molecule has 0 spiro atoms. The molecule has 0 bridgehead atoms. The molecule has 1 unspecified atom stereocenters. The first kappa shape index (κ1) is 16.9. The van der Waals surface area contributed by atoms with Crippen LogP contribution in [0.5, 0.6) is 5.75 Å². The van der Waals surface area contributed by atoms with Crippen LogP contribution in [0.25, 0.3) is 0 Å². The minimum atomic E-state index is -0.0348. The summed E-state index contributed by atoms with van der Waals surface area (Å²) in [4.78, 5) is 27.4. The Balaban J connectivity index is 1.42. The second-order valence-corrected chi connectivity index (χ2v) is 6.26. The molecule has 1 aromatic rings. The van der Waals surface area contributed by atoms with E-state index in [0.29, 0.717) is 30.5 Å². The van der Waals surface area contributed by atoms with Gasteiger partial charge in [-0.25, -0.2) is 0 Å².